The van der Waals surface area contributed by atoms with Crippen molar-refractivity contribution in [1.29, 1.82) is 0 Å². The Morgan fingerprint density at radius 2 is 1.83 bits per heavy atom. The summed E-state index contributed by atoms with van der Waals surface area (Å²) in [6.07, 6.45) is 1.64. The number of benzene rings is 1. The fourth-order valence-corrected chi connectivity index (χ4v) is 5.01. The quantitative estimate of drug-likeness (QED) is 0.849. The lowest BCUT2D eigenvalue weighted by atomic mass is 9.94. The van der Waals surface area contributed by atoms with E-state index in [9.17, 15) is 8.42 Å². The number of rotatable bonds is 5. The lowest BCUT2D eigenvalue weighted by Crippen LogP contribution is -2.49. The van der Waals surface area contributed by atoms with Crippen LogP contribution < -0.4 is 15.2 Å². The molecule has 1 aromatic rings. The van der Waals surface area contributed by atoms with E-state index >= 15 is 0 Å². The van der Waals surface area contributed by atoms with Crippen LogP contribution in [-0.4, -0.2) is 46.1 Å². The van der Waals surface area contributed by atoms with E-state index in [4.69, 9.17) is 15.2 Å². The monoisotopic (exact) mass is 378 g/mol. The third-order valence-corrected chi connectivity index (χ3v) is 6.56. The van der Waals surface area contributed by atoms with Crippen LogP contribution in [0.15, 0.2) is 17.0 Å². The predicted octanol–water partition coefficient (Wildman–Crippen LogP) is 2.18. The third-order valence-electron chi connectivity index (χ3n) is 4.46. The molecule has 6 nitrogen and oxygen atoms in total. The molecular weight excluding hydrogens is 352 g/mol. The second kappa shape index (κ2) is 8.38. The number of halogens is 1. The standard InChI is InChI=1S/C16H26N2O4S.ClH/c1-11-5-6-18(13(7-11)10-17)23(19,20)16-9-15(22-4)14(21-3)8-12(16)2;/h8-9,11,13H,5-7,10,17H2,1-4H3;1H. The van der Waals surface area contributed by atoms with Gasteiger partial charge in [-0.25, -0.2) is 8.42 Å². The fraction of sp³-hybridized carbons (Fsp3) is 0.625. The van der Waals surface area contributed by atoms with Gasteiger partial charge in [-0.15, -0.1) is 12.4 Å². The average Bonchev–Trinajstić information content (AvgIpc) is 2.53. The van der Waals surface area contributed by atoms with E-state index in [0.29, 0.717) is 36.1 Å². The van der Waals surface area contributed by atoms with Crippen molar-refractivity contribution in [2.24, 2.45) is 11.7 Å². The molecule has 2 rings (SSSR count). The van der Waals surface area contributed by atoms with E-state index in [1.165, 1.54) is 20.3 Å². The summed E-state index contributed by atoms with van der Waals surface area (Å²) in [4.78, 5) is 0.253. The molecule has 1 saturated heterocycles. The minimum Gasteiger partial charge on any atom is -0.493 e. The normalized spacial score (nSPS) is 21.9. The van der Waals surface area contributed by atoms with Crippen molar-refractivity contribution in [2.45, 2.75) is 37.6 Å². The van der Waals surface area contributed by atoms with Gasteiger partial charge in [-0.1, -0.05) is 6.92 Å². The Morgan fingerprint density at radius 3 is 2.38 bits per heavy atom. The molecule has 8 heteroatoms. The van der Waals surface area contributed by atoms with Crippen LogP contribution in [-0.2, 0) is 10.0 Å². The molecule has 0 saturated carbocycles. The summed E-state index contributed by atoms with van der Waals surface area (Å²) in [6.45, 7) is 4.72. The summed E-state index contributed by atoms with van der Waals surface area (Å²) >= 11 is 0. The van der Waals surface area contributed by atoms with Gasteiger partial charge in [0.25, 0.3) is 0 Å². The van der Waals surface area contributed by atoms with E-state index in [2.05, 4.69) is 6.92 Å². The zero-order valence-electron chi connectivity index (χ0n) is 14.6. The number of sulfonamides is 1. The summed E-state index contributed by atoms with van der Waals surface area (Å²) in [5.74, 6) is 1.42. The van der Waals surface area contributed by atoms with Crippen LogP contribution >= 0.6 is 12.4 Å². The number of hydrogen-bond acceptors (Lipinski definition) is 5. The molecule has 2 N–H and O–H groups in total. The van der Waals surface area contributed by atoms with Gasteiger partial charge < -0.3 is 15.2 Å². The molecule has 0 amide bonds. The molecule has 1 heterocycles. The first-order valence-electron chi connectivity index (χ1n) is 7.79. The molecule has 2 unspecified atom stereocenters. The van der Waals surface area contributed by atoms with Gasteiger partial charge in [0.1, 0.15) is 0 Å². The molecule has 1 aromatic carbocycles. The van der Waals surface area contributed by atoms with Crippen LogP contribution in [0.1, 0.15) is 25.3 Å². The van der Waals surface area contributed by atoms with Crippen molar-refractivity contribution in [3.63, 3.8) is 0 Å². The molecule has 0 aliphatic carbocycles. The van der Waals surface area contributed by atoms with Crippen LogP contribution in [0.2, 0.25) is 0 Å². The van der Waals surface area contributed by atoms with E-state index in [1.54, 1.807) is 17.3 Å². The first kappa shape index (κ1) is 21.0. The Bertz CT molecular complexity index is 666. The van der Waals surface area contributed by atoms with Crippen molar-refractivity contribution in [3.8, 4) is 11.5 Å². The van der Waals surface area contributed by atoms with E-state index in [-0.39, 0.29) is 23.3 Å². The zero-order valence-corrected chi connectivity index (χ0v) is 16.2. The van der Waals surface area contributed by atoms with Crippen LogP contribution in [0.4, 0.5) is 0 Å². The number of piperidine rings is 1. The van der Waals surface area contributed by atoms with Gasteiger partial charge in [0.2, 0.25) is 10.0 Å². The van der Waals surface area contributed by atoms with Crippen LogP contribution in [0.3, 0.4) is 0 Å². The van der Waals surface area contributed by atoms with Crippen LogP contribution in [0.25, 0.3) is 0 Å². The maximum absolute atomic E-state index is 13.1. The molecule has 2 atom stereocenters. The van der Waals surface area contributed by atoms with Crippen LogP contribution in [0, 0.1) is 12.8 Å². The Hall–Kier alpha value is -1.02. The highest BCUT2D eigenvalue weighted by atomic mass is 35.5. The molecular formula is C16H27ClN2O4S. The maximum atomic E-state index is 13.1. The third kappa shape index (κ3) is 3.96. The molecule has 0 radical (unpaired) electrons. The molecule has 24 heavy (non-hydrogen) atoms. The largest absolute Gasteiger partial charge is 0.493 e. The second-order valence-electron chi connectivity index (χ2n) is 6.11. The first-order chi connectivity index (χ1) is 10.8. The smallest absolute Gasteiger partial charge is 0.243 e. The minimum atomic E-state index is -3.62. The van der Waals surface area contributed by atoms with Gasteiger partial charge in [0.15, 0.2) is 11.5 Å². The lowest BCUT2D eigenvalue weighted by molar-refractivity contribution is 0.211. The number of methoxy groups -OCH3 is 2. The molecule has 0 spiro atoms. The van der Waals surface area contributed by atoms with Crippen molar-refractivity contribution < 1.29 is 17.9 Å². The van der Waals surface area contributed by atoms with Gasteiger partial charge in [0.05, 0.1) is 19.1 Å². The van der Waals surface area contributed by atoms with Gasteiger partial charge in [-0.3, -0.25) is 0 Å². The molecule has 1 fully saturated rings. The Labute approximate surface area is 150 Å². The summed E-state index contributed by atoms with van der Waals surface area (Å²) in [5, 5.41) is 0. The van der Waals surface area contributed by atoms with Gasteiger partial charge in [-0.2, -0.15) is 4.31 Å². The van der Waals surface area contributed by atoms with Crippen molar-refractivity contribution in [1.82, 2.24) is 4.31 Å². The second-order valence-corrected chi connectivity index (χ2v) is 7.97. The Balaban J connectivity index is 0.00000288. The fourth-order valence-electron chi connectivity index (χ4n) is 3.13. The van der Waals surface area contributed by atoms with E-state index in [0.717, 1.165) is 12.8 Å². The molecule has 1 aliphatic heterocycles. The lowest BCUT2D eigenvalue weighted by Gasteiger charge is -2.37. The van der Waals surface area contributed by atoms with Crippen molar-refractivity contribution in [2.75, 3.05) is 27.3 Å². The Morgan fingerprint density at radius 1 is 1.25 bits per heavy atom. The zero-order chi connectivity index (χ0) is 17.2. The average molecular weight is 379 g/mol. The summed E-state index contributed by atoms with van der Waals surface area (Å²) in [5.41, 5.74) is 6.46. The molecule has 0 aromatic heterocycles. The highest BCUT2D eigenvalue weighted by Crippen LogP contribution is 2.35. The van der Waals surface area contributed by atoms with Crippen molar-refractivity contribution in [3.05, 3.63) is 17.7 Å². The number of nitrogens with zero attached hydrogens (tertiary/aromatic N) is 1. The predicted molar refractivity (Wildman–Crippen MR) is 96.7 cm³/mol. The number of nitrogens with two attached hydrogens (primary N) is 1. The van der Waals surface area contributed by atoms with Gasteiger partial charge >= 0.3 is 0 Å². The number of ether oxygens (including phenoxy) is 2. The van der Waals surface area contributed by atoms with E-state index in [1.807, 2.05) is 0 Å². The molecule has 138 valence electrons. The summed E-state index contributed by atoms with van der Waals surface area (Å²) in [7, 11) is -0.593. The molecule has 0 bridgehead atoms. The minimum absolute atomic E-state index is 0. The Kier molecular flexibility index (Phi) is 7.34. The first-order valence-corrected chi connectivity index (χ1v) is 9.23. The van der Waals surface area contributed by atoms with E-state index < -0.39 is 10.0 Å². The summed E-state index contributed by atoms with van der Waals surface area (Å²) in [6, 6.07) is 3.07. The van der Waals surface area contributed by atoms with Crippen LogP contribution in [0.5, 0.6) is 11.5 Å². The summed E-state index contributed by atoms with van der Waals surface area (Å²) < 4.78 is 38.3. The maximum Gasteiger partial charge on any atom is 0.243 e. The van der Waals surface area contributed by atoms with Gasteiger partial charge in [0, 0.05) is 25.2 Å². The highest BCUT2D eigenvalue weighted by molar-refractivity contribution is 7.89. The highest BCUT2D eigenvalue weighted by Gasteiger charge is 2.36. The SMILES string of the molecule is COc1cc(C)c(S(=O)(=O)N2CCC(C)CC2CN)cc1OC.Cl. The molecule has 1 aliphatic rings. The number of hydrogen-bond donors (Lipinski definition) is 1. The van der Waals surface area contributed by atoms with Gasteiger partial charge in [-0.05, 0) is 37.3 Å². The van der Waals surface area contributed by atoms with Crippen molar-refractivity contribution >= 4 is 22.4 Å². The number of aryl methyl sites for hydroxylation is 1. The topological polar surface area (TPSA) is 81.9 Å².